The van der Waals surface area contributed by atoms with Crippen molar-refractivity contribution in [3.05, 3.63) is 0 Å². The highest BCUT2D eigenvalue weighted by Gasteiger charge is 2.26. The Morgan fingerprint density at radius 3 is 2.69 bits per heavy atom. The lowest BCUT2D eigenvalue weighted by atomic mass is 9.82. The van der Waals surface area contributed by atoms with E-state index >= 15 is 0 Å². The van der Waals surface area contributed by atoms with Crippen molar-refractivity contribution in [2.24, 2.45) is 5.41 Å². The Kier molecular flexibility index (Phi) is 7.01. The van der Waals surface area contributed by atoms with Crippen molar-refractivity contribution < 1.29 is 9.47 Å². The van der Waals surface area contributed by atoms with E-state index in [1.807, 2.05) is 6.92 Å². The number of rotatable bonds is 8. The van der Waals surface area contributed by atoms with Gasteiger partial charge in [-0.25, -0.2) is 0 Å². The highest BCUT2D eigenvalue weighted by atomic mass is 16.5. The van der Waals surface area contributed by atoms with Crippen molar-refractivity contribution in [2.45, 2.75) is 39.5 Å². The molecule has 0 atom stereocenters. The molecule has 1 aliphatic heterocycles. The van der Waals surface area contributed by atoms with Crippen LogP contribution in [0.4, 0.5) is 0 Å². The fourth-order valence-corrected chi connectivity index (χ4v) is 2.03. The fourth-order valence-electron chi connectivity index (χ4n) is 2.03. The van der Waals surface area contributed by atoms with Crippen LogP contribution < -0.4 is 5.32 Å². The van der Waals surface area contributed by atoms with Crippen LogP contribution in [0.1, 0.15) is 39.5 Å². The molecular formula is C13H27NO2. The number of hydrogen-bond donors (Lipinski definition) is 1. The van der Waals surface area contributed by atoms with E-state index < -0.39 is 0 Å². The second kappa shape index (κ2) is 8.04. The maximum absolute atomic E-state index is 5.39. The van der Waals surface area contributed by atoms with E-state index in [4.69, 9.17) is 9.47 Å². The minimum absolute atomic E-state index is 0.457. The van der Waals surface area contributed by atoms with E-state index in [2.05, 4.69) is 12.2 Å². The third kappa shape index (κ3) is 5.83. The number of unbranched alkanes of at least 4 members (excludes halogenated alkanes) is 1. The second-order valence-electron chi connectivity index (χ2n) is 5.00. The fraction of sp³-hybridized carbons (Fsp3) is 1.00. The molecule has 0 aromatic carbocycles. The molecule has 3 heteroatoms. The van der Waals surface area contributed by atoms with E-state index in [9.17, 15) is 0 Å². The van der Waals surface area contributed by atoms with Crippen molar-refractivity contribution in [1.29, 1.82) is 0 Å². The predicted molar refractivity (Wildman–Crippen MR) is 66.8 cm³/mol. The highest BCUT2D eigenvalue weighted by molar-refractivity contribution is 4.79. The van der Waals surface area contributed by atoms with Gasteiger partial charge < -0.3 is 14.8 Å². The Hall–Kier alpha value is -0.120. The van der Waals surface area contributed by atoms with Crippen LogP contribution in [0.5, 0.6) is 0 Å². The van der Waals surface area contributed by atoms with Crippen molar-refractivity contribution in [3.8, 4) is 0 Å². The maximum atomic E-state index is 5.39. The maximum Gasteiger partial charge on any atom is 0.0471 e. The Balaban J connectivity index is 1.93. The predicted octanol–water partition coefficient (Wildman–Crippen LogP) is 2.21. The number of ether oxygens (including phenoxy) is 2. The van der Waals surface area contributed by atoms with Crippen molar-refractivity contribution in [3.63, 3.8) is 0 Å². The summed E-state index contributed by atoms with van der Waals surface area (Å²) in [7, 11) is 0. The van der Waals surface area contributed by atoms with Crippen LogP contribution in [0.3, 0.4) is 0 Å². The van der Waals surface area contributed by atoms with Crippen LogP contribution in [0.25, 0.3) is 0 Å². The zero-order valence-corrected chi connectivity index (χ0v) is 10.9. The first-order valence-electron chi connectivity index (χ1n) is 6.63. The summed E-state index contributed by atoms with van der Waals surface area (Å²) in [5.41, 5.74) is 0.457. The molecule has 0 amide bonds. The standard InChI is InChI=1S/C13H27NO2/c1-3-15-9-5-4-8-14-12-13(2)6-10-16-11-7-13/h14H,3-12H2,1-2H3. The largest absolute Gasteiger partial charge is 0.382 e. The van der Waals surface area contributed by atoms with Crippen LogP contribution in [-0.4, -0.2) is 39.5 Å². The van der Waals surface area contributed by atoms with E-state index in [0.717, 1.165) is 39.5 Å². The summed E-state index contributed by atoms with van der Waals surface area (Å²) in [5.74, 6) is 0. The minimum atomic E-state index is 0.457. The van der Waals surface area contributed by atoms with Gasteiger partial charge >= 0.3 is 0 Å². The van der Waals surface area contributed by atoms with Crippen LogP contribution in [0.15, 0.2) is 0 Å². The van der Waals surface area contributed by atoms with Gasteiger partial charge in [0.15, 0.2) is 0 Å². The van der Waals surface area contributed by atoms with Crippen LogP contribution in [-0.2, 0) is 9.47 Å². The normalized spacial score (nSPS) is 19.9. The molecule has 16 heavy (non-hydrogen) atoms. The molecule has 1 rings (SSSR count). The topological polar surface area (TPSA) is 30.5 Å². The molecule has 0 radical (unpaired) electrons. The van der Waals surface area contributed by atoms with Gasteiger partial charge in [0, 0.05) is 33.0 Å². The van der Waals surface area contributed by atoms with Gasteiger partial charge in [-0.2, -0.15) is 0 Å². The average Bonchev–Trinajstić information content (AvgIpc) is 2.29. The summed E-state index contributed by atoms with van der Waals surface area (Å²) in [6.07, 6.45) is 4.77. The van der Waals surface area contributed by atoms with Gasteiger partial charge in [0.2, 0.25) is 0 Å². The smallest absolute Gasteiger partial charge is 0.0471 e. The van der Waals surface area contributed by atoms with Gasteiger partial charge in [-0.15, -0.1) is 0 Å². The first-order valence-corrected chi connectivity index (χ1v) is 6.63. The van der Waals surface area contributed by atoms with Gasteiger partial charge in [0.1, 0.15) is 0 Å². The van der Waals surface area contributed by atoms with Gasteiger partial charge in [-0.1, -0.05) is 6.92 Å². The van der Waals surface area contributed by atoms with E-state index in [0.29, 0.717) is 5.41 Å². The molecule has 1 aliphatic rings. The van der Waals surface area contributed by atoms with Crippen molar-refractivity contribution in [1.82, 2.24) is 5.32 Å². The van der Waals surface area contributed by atoms with Crippen molar-refractivity contribution >= 4 is 0 Å². The summed E-state index contributed by atoms with van der Waals surface area (Å²) < 4.78 is 10.7. The Morgan fingerprint density at radius 1 is 1.25 bits per heavy atom. The lowest BCUT2D eigenvalue weighted by Gasteiger charge is -2.33. The molecule has 0 spiro atoms. The van der Waals surface area contributed by atoms with E-state index in [1.54, 1.807) is 0 Å². The van der Waals surface area contributed by atoms with Crippen molar-refractivity contribution in [2.75, 3.05) is 39.5 Å². The highest BCUT2D eigenvalue weighted by Crippen LogP contribution is 2.28. The molecular weight excluding hydrogens is 202 g/mol. The van der Waals surface area contributed by atoms with Crippen LogP contribution in [0, 0.1) is 5.41 Å². The third-order valence-corrected chi connectivity index (χ3v) is 3.35. The summed E-state index contributed by atoms with van der Waals surface area (Å²) in [6.45, 7) is 10.3. The first-order chi connectivity index (χ1) is 7.77. The Morgan fingerprint density at radius 2 is 2.00 bits per heavy atom. The van der Waals surface area contributed by atoms with E-state index in [-0.39, 0.29) is 0 Å². The molecule has 0 saturated carbocycles. The number of nitrogens with one attached hydrogen (secondary N) is 1. The molecule has 1 fully saturated rings. The molecule has 1 N–H and O–H groups in total. The molecule has 1 heterocycles. The molecule has 0 aliphatic carbocycles. The molecule has 96 valence electrons. The zero-order valence-electron chi connectivity index (χ0n) is 10.9. The number of hydrogen-bond acceptors (Lipinski definition) is 3. The zero-order chi connectivity index (χ0) is 11.7. The summed E-state index contributed by atoms with van der Waals surface area (Å²) in [5, 5.41) is 3.56. The lowest BCUT2D eigenvalue weighted by molar-refractivity contribution is 0.0241. The van der Waals surface area contributed by atoms with Gasteiger partial charge in [0.05, 0.1) is 0 Å². The molecule has 0 bridgehead atoms. The Bertz CT molecular complexity index is 167. The summed E-state index contributed by atoms with van der Waals surface area (Å²) in [6, 6.07) is 0. The monoisotopic (exact) mass is 229 g/mol. The van der Waals surface area contributed by atoms with Crippen LogP contribution in [0.2, 0.25) is 0 Å². The molecule has 3 nitrogen and oxygen atoms in total. The average molecular weight is 229 g/mol. The quantitative estimate of drug-likeness (QED) is 0.647. The van der Waals surface area contributed by atoms with Crippen LogP contribution >= 0.6 is 0 Å². The third-order valence-electron chi connectivity index (χ3n) is 3.35. The second-order valence-corrected chi connectivity index (χ2v) is 5.00. The summed E-state index contributed by atoms with van der Waals surface area (Å²) >= 11 is 0. The minimum Gasteiger partial charge on any atom is -0.382 e. The SMILES string of the molecule is CCOCCCCNCC1(C)CCOCC1. The van der Waals surface area contributed by atoms with Gasteiger partial charge in [0.25, 0.3) is 0 Å². The summed E-state index contributed by atoms with van der Waals surface area (Å²) in [4.78, 5) is 0. The molecule has 0 aromatic heterocycles. The Labute approximate surface area is 99.9 Å². The van der Waals surface area contributed by atoms with Gasteiger partial charge in [-0.05, 0) is 44.6 Å². The molecule has 0 aromatic rings. The molecule has 0 unspecified atom stereocenters. The van der Waals surface area contributed by atoms with Gasteiger partial charge in [-0.3, -0.25) is 0 Å². The van der Waals surface area contributed by atoms with E-state index in [1.165, 1.54) is 25.7 Å². The first kappa shape index (κ1) is 13.9. The lowest BCUT2D eigenvalue weighted by Crippen LogP contribution is -2.37. The molecule has 1 saturated heterocycles.